The van der Waals surface area contributed by atoms with Crippen molar-refractivity contribution in [3.63, 3.8) is 0 Å². The van der Waals surface area contributed by atoms with Crippen molar-refractivity contribution >= 4 is 63.5 Å². The highest BCUT2D eigenvalue weighted by molar-refractivity contribution is 14.0. The molecule has 1 fully saturated rings. The van der Waals surface area contributed by atoms with E-state index in [0.29, 0.717) is 18.5 Å². The maximum atomic E-state index is 11.9. The van der Waals surface area contributed by atoms with Crippen LogP contribution in [0, 0.1) is 0 Å². The van der Waals surface area contributed by atoms with Crippen LogP contribution in [0.3, 0.4) is 0 Å². The van der Waals surface area contributed by atoms with Gasteiger partial charge in [-0.25, -0.2) is 4.99 Å². The lowest BCUT2D eigenvalue weighted by Gasteiger charge is -2.33. The van der Waals surface area contributed by atoms with Gasteiger partial charge in [0.1, 0.15) is 6.54 Å². The largest absolute Gasteiger partial charge is 0.363 e. The van der Waals surface area contributed by atoms with Crippen LogP contribution in [-0.2, 0) is 11.3 Å². The van der Waals surface area contributed by atoms with E-state index in [1.165, 1.54) is 9.88 Å². The first-order chi connectivity index (χ1) is 13.1. The minimum atomic E-state index is -0.000242. The summed E-state index contributed by atoms with van der Waals surface area (Å²) in [6.45, 7) is 2.94. The summed E-state index contributed by atoms with van der Waals surface area (Å²) in [7, 11) is 3.51. The van der Waals surface area contributed by atoms with Gasteiger partial charge in [0.25, 0.3) is 0 Å². The average Bonchev–Trinajstić information content (AvgIpc) is 3.38. The van der Waals surface area contributed by atoms with E-state index >= 15 is 0 Å². The number of anilines is 1. The topological polar surface area (TPSA) is 60.0 Å². The molecule has 28 heavy (non-hydrogen) atoms. The van der Waals surface area contributed by atoms with E-state index in [1.54, 1.807) is 41.7 Å². The molecule has 0 aromatic carbocycles. The molecule has 1 saturated heterocycles. The molecule has 0 aliphatic carbocycles. The second kappa shape index (κ2) is 11.6. The predicted molar refractivity (Wildman–Crippen MR) is 130 cm³/mol. The number of thiophene rings is 2. The van der Waals surface area contributed by atoms with Gasteiger partial charge in [0, 0.05) is 38.1 Å². The summed E-state index contributed by atoms with van der Waals surface area (Å²) in [6, 6.07) is 8.79. The van der Waals surface area contributed by atoms with Crippen molar-refractivity contribution in [3.05, 3.63) is 39.9 Å². The number of carbonyl (C=O) groups excluding carboxylic acids is 1. The van der Waals surface area contributed by atoms with E-state index < -0.39 is 0 Å². The first-order valence-electron chi connectivity index (χ1n) is 9.17. The number of hydrogen-bond acceptors (Lipinski definition) is 5. The van der Waals surface area contributed by atoms with Crippen molar-refractivity contribution in [1.82, 2.24) is 15.5 Å². The molecule has 0 radical (unpaired) electrons. The van der Waals surface area contributed by atoms with Crippen molar-refractivity contribution in [2.75, 3.05) is 38.6 Å². The highest BCUT2D eigenvalue weighted by atomic mass is 127. The molecule has 1 amide bonds. The zero-order chi connectivity index (χ0) is 19.1. The van der Waals surface area contributed by atoms with Gasteiger partial charge in [-0.1, -0.05) is 6.07 Å². The molecule has 3 rings (SSSR count). The lowest BCUT2D eigenvalue weighted by atomic mass is 10.1. The molecular formula is C19H28IN5OS2. The molecule has 0 unspecified atom stereocenters. The molecule has 2 aromatic heterocycles. The first kappa shape index (κ1) is 23.0. The second-order valence-electron chi connectivity index (χ2n) is 6.74. The lowest BCUT2D eigenvalue weighted by Crippen LogP contribution is -2.48. The number of nitrogens with zero attached hydrogens (tertiary/aromatic N) is 3. The number of hydrogen-bond donors (Lipinski definition) is 2. The van der Waals surface area contributed by atoms with E-state index in [4.69, 9.17) is 0 Å². The fourth-order valence-electron chi connectivity index (χ4n) is 2.91. The Labute approximate surface area is 192 Å². The van der Waals surface area contributed by atoms with Crippen LogP contribution in [0.25, 0.3) is 0 Å². The van der Waals surface area contributed by atoms with Gasteiger partial charge in [0.15, 0.2) is 5.96 Å². The maximum absolute atomic E-state index is 11.9. The molecule has 3 heterocycles. The van der Waals surface area contributed by atoms with Crippen molar-refractivity contribution in [3.8, 4) is 0 Å². The molecule has 2 N–H and O–H groups in total. The summed E-state index contributed by atoms with van der Waals surface area (Å²) in [6.07, 6.45) is 2.11. The van der Waals surface area contributed by atoms with Crippen molar-refractivity contribution < 1.29 is 4.79 Å². The van der Waals surface area contributed by atoms with Crippen LogP contribution in [0.2, 0.25) is 0 Å². The van der Waals surface area contributed by atoms with Gasteiger partial charge in [0.05, 0.1) is 11.5 Å². The van der Waals surface area contributed by atoms with Gasteiger partial charge in [-0.2, -0.15) is 0 Å². The van der Waals surface area contributed by atoms with E-state index in [-0.39, 0.29) is 36.4 Å². The number of carbonyl (C=O) groups is 1. The third-order valence-corrected chi connectivity index (χ3v) is 6.34. The number of nitrogens with one attached hydrogen (secondary N) is 2. The predicted octanol–water partition coefficient (Wildman–Crippen LogP) is 3.22. The lowest BCUT2D eigenvalue weighted by molar-refractivity contribution is -0.127. The first-order valence-corrected chi connectivity index (χ1v) is 10.9. The summed E-state index contributed by atoms with van der Waals surface area (Å²) >= 11 is 3.51. The SMILES string of the molecule is CN(C)C(=O)CN=C(NCc1cccs1)NC1CCN(c2cccs2)CC1.I. The van der Waals surface area contributed by atoms with E-state index in [0.717, 1.165) is 25.9 Å². The summed E-state index contributed by atoms with van der Waals surface area (Å²) in [5.74, 6) is 0.716. The van der Waals surface area contributed by atoms with Crippen LogP contribution in [0.1, 0.15) is 17.7 Å². The minimum Gasteiger partial charge on any atom is -0.363 e. The molecular weight excluding hydrogens is 505 g/mol. The summed E-state index contributed by atoms with van der Waals surface area (Å²) < 4.78 is 0. The molecule has 1 aliphatic rings. The highest BCUT2D eigenvalue weighted by Gasteiger charge is 2.21. The third-order valence-electron chi connectivity index (χ3n) is 4.54. The minimum absolute atomic E-state index is 0. The van der Waals surface area contributed by atoms with Gasteiger partial charge in [-0.05, 0) is 41.8 Å². The van der Waals surface area contributed by atoms with Gasteiger partial charge < -0.3 is 20.4 Å². The standard InChI is InChI=1S/C19H27N5OS2.HI/c1-23(2)17(25)14-21-19(20-13-16-5-3-11-26-16)22-15-7-9-24(10-8-15)18-6-4-12-27-18;/h3-6,11-12,15H,7-10,13-14H2,1-2H3,(H2,20,21,22);1H. The van der Waals surface area contributed by atoms with Crippen molar-refractivity contribution in [1.29, 1.82) is 0 Å². The molecule has 0 spiro atoms. The quantitative estimate of drug-likeness (QED) is 0.340. The van der Waals surface area contributed by atoms with Crippen LogP contribution in [0.5, 0.6) is 0 Å². The molecule has 0 atom stereocenters. The molecule has 1 aliphatic heterocycles. The van der Waals surface area contributed by atoms with Gasteiger partial charge >= 0.3 is 0 Å². The van der Waals surface area contributed by atoms with E-state index in [9.17, 15) is 4.79 Å². The molecule has 2 aromatic rings. The Balaban J connectivity index is 0.00000280. The van der Waals surface area contributed by atoms with Gasteiger partial charge in [-0.15, -0.1) is 46.7 Å². The Morgan fingerprint density at radius 1 is 1.21 bits per heavy atom. The Morgan fingerprint density at radius 3 is 2.54 bits per heavy atom. The number of rotatable bonds is 6. The van der Waals surface area contributed by atoms with E-state index in [2.05, 4.69) is 49.5 Å². The Morgan fingerprint density at radius 2 is 1.93 bits per heavy atom. The van der Waals surface area contributed by atoms with Crippen LogP contribution in [-0.4, -0.2) is 56.5 Å². The van der Waals surface area contributed by atoms with Crippen molar-refractivity contribution in [2.24, 2.45) is 4.99 Å². The monoisotopic (exact) mass is 533 g/mol. The molecule has 154 valence electrons. The summed E-state index contributed by atoms with van der Waals surface area (Å²) in [5, 5.41) is 12.4. The number of piperidine rings is 1. The fraction of sp³-hybridized carbons (Fsp3) is 0.474. The Kier molecular flexibility index (Phi) is 9.52. The Hall–Kier alpha value is -1.33. The smallest absolute Gasteiger partial charge is 0.243 e. The van der Waals surface area contributed by atoms with Crippen LogP contribution >= 0.6 is 46.7 Å². The fourth-order valence-corrected chi connectivity index (χ4v) is 4.34. The molecule has 0 bridgehead atoms. The second-order valence-corrected chi connectivity index (χ2v) is 8.70. The van der Waals surface area contributed by atoms with Gasteiger partial charge in [-0.3, -0.25) is 4.79 Å². The van der Waals surface area contributed by atoms with Crippen LogP contribution in [0.4, 0.5) is 5.00 Å². The van der Waals surface area contributed by atoms with Crippen LogP contribution in [0.15, 0.2) is 40.0 Å². The average molecular weight is 534 g/mol. The highest BCUT2D eigenvalue weighted by Crippen LogP contribution is 2.24. The molecule has 0 saturated carbocycles. The zero-order valence-corrected chi connectivity index (χ0v) is 20.2. The molecule has 9 heteroatoms. The zero-order valence-electron chi connectivity index (χ0n) is 16.3. The van der Waals surface area contributed by atoms with E-state index in [1.807, 2.05) is 6.07 Å². The number of amides is 1. The van der Waals surface area contributed by atoms with Crippen LogP contribution < -0.4 is 15.5 Å². The number of likely N-dealkylation sites (N-methyl/N-ethyl adjacent to an activating group) is 1. The number of aliphatic imine (C=N–C) groups is 1. The van der Waals surface area contributed by atoms with Crippen molar-refractivity contribution in [2.45, 2.75) is 25.4 Å². The van der Waals surface area contributed by atoms with Gasteiger partial charge in [0.2, 0.25) is 5.91 Å². The normalized spacial score (nSPS) is 15.1. The number of guanidine groups is 1. The number of halogens is 1. The summed E-state index contributed by atoms with van der Waals surface area (Å²) in [5.41, 5.74) is 0. The third kappa shape index (κ3) is 6.93. The summed E-state index contributed by atoms with van der Waals surface area (Å²) in [4.78, 5) is 21.7. The Bertz CT molecular complexity index is 726. The molecule has 6 nitrogen and oxygen atoms in total. The maximum Gasteiger partial charge on any atom is 0.243 e.